The molecule has 0 bridgehead atoms. The van der Waals surface area contributed by atoms with Crippen LogP contribution in [0.5, 0.6) is 0 Å². The summed E-state index contributed by atoms with van der Waals surface area (Å²) in [6.07, 6.45) is 0.523. The van der Waals surface area contributed by atoms with Gasteiger partial charge in [0.1, 0.15) is 17.5 Å². The molecule has 1 amide bonds. The molecule has 9 heteroatoms. The van der Waals surface area contributed by atoms with Crippen LogP contribution in [0, 0.1) is 11.7 Å². The Labute approximate surface area is 168 Å². The Bertz CT molecular complexity index is 765. The van der Waals surface area contributed by atoms with Crippen LogP contribution >= 0.6 is 15.9 Å². The molecule has 1 unspecified atom stereocenters. The zero-order chi connectivity index (χ0) is 20.4. The van der Waals surface area contributed by atoms with E-state index in [-0.39, 0.29) is 11.5 Å². The van der Waals surface area contributed by atoms with Crippen molar-refractivity contribution >= 4 is 32.1 Å². The van der Waals surface area contributed by atoms with Crippen molar-refractivity contribution in [2.24, 2.45) is 5.92 Å². The lowest BCUT2D eigenvalue weighted by Crippen LogP contribution is -2.43. The van der Waals surface area contributed by atoms with Gasteiger partial charge in [0.2, 0.25) is 0 Å². The Morgan fingerprint density at radius 2 is 1.89 bits per heavy atom. The number of amides is 1. The molecule has 2 rings (SSSR count). The molecule has 0 radical (unpaired) electrons. The van der Waals surface area contributed by atoms with E-state index < -0.39 is 33.7 Å². The second-order valence-corrected chi connectivity index (χ2v) is 10.1. The monoisotopic (exact) mass is 465 g/mol. The second kappa shape index (κ2) is 8.45. The first-order valence-electron chi connectivity index (χ1n) is 8.67. The van der Waals surface area contributed by atoms with Gasteiger partial charge in [-0.05, 0) is 51.7 Å². The van der Waals surface area contributed by atoms with Crippen LogP contribution in [0.4, 0.5) is 9.18 Å². The summed E-state index contributed by atoms with van der Waals surface area (Å²) in [7, 11) is -3.80. The van der Waals surface area contributed by atoms with E-state index in [1.54, 1.807) is 31.7 Å². The van der Waals surface area contributed by atoms with Gasteiger partial charge in [0.25, 0.3) is 10.1 Å². The van der Waals surface area contributed by atoms with Crippen LogP contribution < -0.4 is 0 Å². The molecule has 0 aliphatic carbocycles. The van der Waals surface area contributed by atoms with Gasteiger partial charge in [-0.2, -0.15) is 8.42 Å². The lowest BCUT2D eigenvalue weighted by Gasteiger charge is -2.36. The molecule has 152 valence electrons. The first-order valence-corrected chi connectivity index (χ1v) is 11.3. The third-order valence-electron chi connectivity index (χ3n) is 4.18. The SMILES string of the molecule is CC(C)(C)OC(=O)N1CCC(C(OS(C)(=O)=O)c2c(F)cccc2Br)CC1. The summed E-state index contributed by atoms with van der Waals surface area (Å²) in [5.41, 5.74) is -0.410. The molecule has 1 fully saturated rings. The van der Waals surface area contributed by atoms with Crippen LogP contribution in [-0.4, -0.2) is 44.4 Å². The van der Waals surface area contributed by atoms with Gasteiger partial charge in [-0.1, -0.05) is 22.0 Å². The fourth-order valence-electron chi connectivity index (χ4n) is 3.04. The summed E-state index contributed by atoms with van der Waals surface area (Å²) in [6, 6.07) is 4.45. The van der Waals surface area contributed by atoms with Crippen molar-refractivity contribution in [3.8, 4) is 0 Å². The molecule has 0 saturated carbocycles. The first kappa shape index (κ1) is 22.1. The lowest BCUT2D eigenvalue weighted by molar-refractivity contribution is 0.0107. The Balaban J connectivity index is 2.18. The number of nitrogens with zero attached hydrogens (tertiary/aromatic N) is 1. The molecular weight excluding hydrogens is 441 g/mol. The minimum atomic E-state index is -3.80. The molecule has 0 spiro atoms. The quantitative estimate of drug-likeness (QED) is 0.621. The van der Waals surface area contributed by atoms with Crippen LogP contribution in [-0.2, 0) is 19.0 Å². The molecule has 0 N–H and O–H groups in total. The van der Waals surface area contributed by atoms with Gasteiger partial charge in [-0.15, -0.1) is 0 Å². The van der Waals surface area contributed by atoms with E-state index in [0.29, 0.717) is 30.4 Å². The average molecular weight is 466 g/mol. The Kier molecular flexibility index (Phi) is 6.91. The van der Waals surface area contributed by atoms with Crippen LogP contribution in [0.15, 0.2) is 22.7 Å². The van der Waals surface area contributed by atoms with Crippen LogP contribution in [0.3, 0.4) is 0 Å². The summed E-state index contributed by atoms with van der Waals surface area (Å²) in [4.78, 5) is 13.8. The van der Waals surface area contributed by atoms with Crippen LogP contribution in [0.1, 0.15) is 45.3 Å². The van der Waals surface area contributed by atoms with Gasteiger partial charge < -0.3 is 9.64 Å². The van der Waals surface area contributed by atoms with Crippen molar-refractivity contribution in [2.45, 2.75) is 45.3 Å². The maximum atomic E-state index is 14.4. The number of carbonyl (C=O) groups is 1. The van der Waals surface area contributed by atoms with Gasteiger partial charge in [-0.3, -0.25) is 4.18 Å². The highest BCUT2D eigenvalue weighted by atomic mass is 79.9. The molecule has 27 heavy (non-hydrogen) atoms. The van der Waals surface area contributed by atoms with E-state index >= 15 is 0 Å². The smallest absolute Gasteiger partial charge is 0.410 e. The Morgan fingerprint density at radius 1 is 1.30 bits per heavy atom. The normalized spacial score (nSPS) is 17.6. The summed E-state index contributed by atoms with van der Waals surface area (Å²) in [5, 5.41) is 0. The van der Waals surface area contributed by atoms with Gasteiger partial charge >= 0.3 is 6.09 Å². The Hall–Kier alpha value is -1.19. The number of piperidine rings is 1. The number of hydrogen-bond acceptors (Lipinski definition) is 5. The van der Waals surface area contributed by atoms with Crippen molar-refractivity contribution in [1.29, 1.82) is 0 Å². The number of hydrogen-bond donors (Lipinski definition) is 0. The molecule has 1 aromatic rings. The minimum Gasteiger partial charge on any atom is -0.444 e. The molecule has 1 heterocycles. The summed E-state index contributed by atoms with van der Waals surface area (Å²) in [5.74, 6) is -0.792. The van der Waals surface area contributed by atoms with Crippen LogP contribution in [0.25, 0.3) is 0 Å². The number of ether oxygens (including phenoxy) is 1. The molecule has 1 aromatic carbocycles. The highest BCUT2D eigenvalue weighted by molar-refractivity contribution is 9.10. The predicted octanol–water partition coefficient (Wildman–Crippen LogP) is 4.25. The van der Waals surface area contributed by atoms with Crippen molar-refractivity contribution in [1.82, 2.24) is 4.90 Å². The highest BCUT2D eigenvalue weighted by Crippen LogP contribution is 2.39. The predicted molar refractivity (Wildman–Crippen MR) is 103 cm³/mol. The molecule has 1 saturated heterocycles. The largest absolute Gasteiger partial charge is 0.444 e. The van der Waals surface area contributed by atoms with Gasteiger partial charge in [0.15, 0.2) is 0 Å². The zero-order valence-corrected chi connectivity index (χ0v) is 18.3. The topological polar surface area (TPSA) is 72.9 Å². The van der Waals surface area contributed by atoms with Crippen molar-refractivity contribution in [2.75, 3.05) is 19.3 Å². The minimum absolute atomic E-state index is 0.179. The number of likely N-dealkylation sites (tertiary alicyclic amines) is 1. The third kappa shape index (κ3) is 6.43. The van der Waals surface area contributed by atoms with E-state index in [2.05, 4.69) is 15.9 Å². The number of rotatable bonds is 4. The Morgan fingerprint density at radius 3 is 2.37 bits per heavy atom. The van der Waals surface area contributed by atoms with Gasteiger partial charge in [0, 0.05) is 23.1 Å². The lowest BCUT2D eigenvalue weighted by atomic mass is 9.87. The number of benzene rings is 1. The number of halogens is 2. The van der Waals surface area contributed by atoms with Crippen molar-refractivity contribution in [3.05, 3.63) is 34.1 Å². The summed E-state index contributed by atoms with van der Waals surface area (Å²) >= 11 is 3.29. The standard InChI is InChI=1S/C18H25BrFNO5S/c1-18(2,3)25-17(22)21-10-8-12(9-11-21)16(26-27(4,23)24)15-13(19)6-5-7-14(15)20/h5-7,12,16H,8-11H2,1-4H3. The maximum Gasteiger partial charge on any atom is 0.410 e. The maximum absolute atomic E-state index is 14.4. The molecule has 6 nitrogen and oxygen atoms in total. The van der Waals surface area contributed by atoms with Crippen molar-refractivity contribution in [3.63, 3.8) is 0 Å². The van der Waals surface area contributed by atoms with Gasteiger partial charge in [0.05, 0.1) is 6.26 Å². The van der Waals surface area contributed by atoms with Crippen LogP contribution in [0.2, 0.25) is 0 Å². The first-order chi connectivity index (χ1) is 12.4. The number of carbonyl (C=O) groups excluding carboxylic acids is 1. The fourth-order valence-corrected chi connectivity index (χ4v) is 4.24. The highest BCUT2D eigenvalue weighted by Gasteiger charge is 2.35. The average Bonchev–Trinajstić information content (AvgIpc) is 2.51. The van der Waals surface area contributed by atoms with Gasteiger partial charge in [-0.25, -0.2) is 9.18 Å². The molecule has 1 atom stereocenters. The molecule has 1 aliphatic heterocycles. The van der Waals surface area contributed by atoms with E-state index in [1.807, 2.05) is 0 Å². The fraction of sp³-hybridized carbons (Fsp3) is 0.611. The molecule has 1 aliphatic rings. The van der Waals surface area contributed by atoms with E-state index in [0.717, 1.165) is 6.26 Å². The second-order valence-electron chi connectivity index (χ2n) is 7.66. The zero-order valence-electron chi connectivity index (χ0n) is 15.9. The molecule has 0 aromatic heterocycles. The van der Waals surface area contributed by atoms with E-state index in [1.165, 1.54) is 12.1 Å². The third-order valence-corrected chi connectivity index (χ3v) is 5.43. The van der Waals surface area contributed by atoms with Crippen molar-refractivity contribution < 1.29 is 26.5 Å². The summed E-state index contributed by atoms with van der Waals surface area (Å²) < 4.78 is 49.0. The van der Waals surface area contributed by atoms with E-state index in [4.69, 9.17) is 8.92 Å². The van der Waals surface area contributed by atoms with E-state index in [9.17, 15) is 17.6 Å². The summed E-state index contributed by atoms with van der Waals surface area (Å²) in [6.45, 7) is 6.15. The molecular formula is C18H25BrFNO5S.